The first-order chi connectivity index (χ1) is 8.74. The van der Waals surface area contributed by atoms with Crippen molar-refractivity contribution >= 4 is 0 Å². The molecule has 0 amide bonds. The lowest BCUT2D eigenvalue weighted by atomic mass is 10.1. The molecule has 0 saturated carbocycles. The highest BCUT2D eigenvalue weighted by atomic mass is 16.5. The number of nitrogens with zero attached hydrogens (tertiary/aromatic N) is 3. The average Bonchev–Trinajstić information content (AvgIpc) is 2.98. The van der Waals surface area contributed by atoms with Crippen molar-refractivity contribution in [3.05, 3.63) is 42.0 Å². The van der Waals surface area contributed by atoms with E-state index in [1.807, 2.05) is 31.2 Å². The van der Waals surface area contributed by atoms with Crippen LogP contribution in [0.25, 0.3) is 23.0 Å². The fourth-order valence-electron chi connectivity index (χ4n) is 1.72. The largest absolute Gasteiger partial charge is 0.448 e. The SMILES string of the molecule is Cc1nc(-c2nc(-c3ccccc3C)no2)co1. The lowest BCUT2D eigenvalue weighted by Crippen LogP contribution is -1.85. The highest BCUT2D eigenvalue weighted by Gasteiger charge is 2.14. The summed E-state index contributed by atoms with van der Waals surface area (Å²) in [7, 11) is 0. The summed E-state index contributed by atoms with van der Waals surface area (Å²) in [5.74, 6) is 1.49. The fourth-order valence-corrected chi connectivity index (χ4v) is 1.72. The zero-order valence-corrected chi connectivity index (χ0v) is 10.0. The van der Waals surface area contributed by atoms with Gasteiger partial charge in [-0.15, -0.1) is 0 Å². The van der Waals surface area contributed by atoms with Crippen molar-refractivity contribution in [1.82, 2.24) is 15.1 Å². The summed E-state index contributed by atoms with van der Waals surface area (Å²) in [5, 5.41) is 3.97. The van der Waals surface area contributed by atoms with Crippen molar-refractivity contribution in [3.63, 3.8) is 0 Å². The Labute approximate surface area is 103 Å². The first kappa shape index (κ1) is 10.7. The van der Waals surface area contributed by atoms with E-state index >= 15 is 0 Å². The number of rotatable bonds is 2. The minimum Gasteiger partial charge on any atom is -0.448 e. The van der Waals surface area contributed by atoms with Gasteiger partial charge in [0.25, 0.3) is 5.89 Å². The third kappa shape index (κ3) is 1.79. The Balaban J connectivity index is 2.02. The molecule has 0 spiro atoms. The topological polar surface area (TPSA) is 65.0 Å². The van der Waals surface area contributed by atoms with Crippen LogP contribution in [0.3, 0.4) is 0 Å². The van der Waals surface area contributed by atoms with E-state index < -0.39 is 0 Å². The second-order valence-electron chi connectivity index (χ2n) is 3.99. The molecular weight excluding hydrogens is 230 g/mol. The van der Waals surface area contributed by atoms with Crippen molar-refractivity contribution in [2.24, 2.45) is 0 Å². The Morgan fingerprint density at radius 2 is 1.89 bits per heavy atom. The molecule has 0 bridgehead atoms. The molecule has 0 aliphatic rings. The third-order valence-electron chi connectivity index (χ3n) is 2.65. The van der Waals surface area contributed by atoms with Gasteiger partial charge >= 0.3 is 0 Å². The summed E-state index contributed by atoms with van der Waals surface area (Å²) >= 11 is 0. The molecule has 0 saturated heterocycles. The first-order valence-electron chi connectivity index (χ1n) is 5.56. The maximum Gasteiger partial charge on any atom is 0.280 e. The van der Waals surface area contributed by atoms with Crippen LogP contribution in [0, 0.1) is 13.8 Å². The molecular formula is C13H11N3O2. The predicted molar refractivity (Wildman–Crippen MR) is 64.7 cm³/mol. The van der Waals surface area contributed by atoms with Gasteiger partial charge in [-0.1, -0.05) is 29.4 Å². The van der Waals surface area contributed by atoms with Crippen LogP contribution in [0.2, 0.25) is 0 Å². The molecule has 1 aromatic carbocycles. The lowest BCUT2D eigenvalue weighted by Gasteiger charge is -1.97. The summed E-state index contributed by atoms with van der Waals surface area (Å²) in [5.41, 5.74) is 2.61. The Kier molecular flexibility index (Phi) is 2.44. The van der Waals surface area contributed by atoms with Gasteiger partial charge in [-0.3, -0.25) is 0 Å². The maximum atomic E-state index is 5.19. The fraction of sp³-hybridized carbons (Fsp3) is 0.154. The molecule has 0 atom stereocenters. The van der Waals surface area contributed by atoms with Crippen LogP contribution in [0.1, 0.15) is 11.5 Å². The molecule has 2 aromatic heterocycles. The van der Waals surface area contributed by atoms with E-state index in [9.17, 15) is 0 Å². The van der Waals surface area contributed by atoms with Gasteiger partial charge in [0.05, 0.1) is 0 Å². The summed E-state index contributed by atoms with van der Waals surface area (Å²) in [6.45, 7) is 3.77. The Morgan fingerprint density at radius 1 is 1.06 bits per heavy atom. The zero-order valence-electron chi connectivity index (χ0n) is 10.0. The zero-order chi connectivity index (χ0) is 12.5. The highest BCUT2D eigenvalue weighted by Crippen LogP contribution is 2.23. The van der Waals surface area contributed by atoms with Gasteiger partial charge in [0.1, 0.15) is 6.26 Å². The van der Waals surface area contributed by atoms with E-state index in [0.29, 0.717) is 23.3 Å². The summed E-state index contributed by atoms with van der Waals surface area (Å²) < 4.78 is 10.3. The van der Waals surface area contributed by atoms with E-state index in [1.54, 1.807) is 6.92 Å². The first-order valence-corrected chi connectivity index (χ1v) is 5.56. The molecule has 0 aliphatic carbocycles. The smallest absolute Gasteiger partial charge is 0.280 e. The average molecular weight is 241 g/mol. The number of hydrogen-bond donors (Lipinski definition) is 0. The molecule has 0 radical (unpaired) electrons. The van der Waals surface area contributed by atoms with Gasteiger partial charge in [-0.2, -0.15) is 4.98 Å². The Bertz CT molecular complexity index is 685. The second kappa shape index (κ2) is 4.10. The molecule has 2 heterocycles. The minimum absolute atomic E-state index is 0.366. The van der Waals surface area contributed by atoms with Gasteiger partial charge in [0.2, 0.25) is 5.82 Å². The predicted octanol–water partition coefficient (Wildman–Crippen LogP) is 3.01. The molecule has 5 heteroatoms. The third-order valence-corrected chi connectivity index (χ3v) is 2.65. The number of benzene rings is 1. The summed E-state index contributed by atoms with van der Waals surface area (Å²) in [4.78, 5) is 8.47. The molecule has 3 rings (SSSR count). The van der Waals surface area contributed by atoms with Crippen LogP contribution >= 0.6 is 0 Å². The number of aryl methyl sites for hydroxylation is 2. The second-order valence-corrected chi connectivity index (χ2v) is 3.99. The Hall–Kier alpha value is -2.43. The van der Waals surface area contributed by atoms with Crippen LogP contribution in [0.15, 0.2) is 39.5 Å². The number of aromatic nitrogens is 3. The van der Waals surface area contributed by atoms with Crippen molar-refractivity contribution in [2.45, 2.75) is 13.8 Å². The van der Waals surface area contributed by atoms with Crippen LogP contribution in [0.5, 0.6) is 0 Å². The van der Waals surface area contributed by atoms with Gasteiger partial charge in [-0.25, -0.2) is 4.98 Å². The van der Waals surface area contributed by atoms with Crippen molar-refractivity contribution in [1.29, 1.82) is 0 Å². The number of hydrogen-bond acceptors (Lipinski definition) is 5. The Morgan fingerprint density at radius 3 is 2.61 bits per heavy atom. The normalized spacial score (nSPS) is 10.8. The summed E-state index contributed by atoms with van der Waals surface area (Å²) in [6.07, 6.45) is 1.50. The quantitative estimate of drug-likeness (QED) is 0.690. The van der Waals surface area contributed by atoms with E-state index in [2.05, 4.69) is 15.1 Å². The van der Waals surface area contributed by atoms with Crippen LogP contribution < -0.4 is 0 Å². The number of oxazole rings is 1. The molecule has 0 N–H and O–H groups in total. The van der Waals surface area contributed by atoms with Crippen LogP contribution in [0.4, 0.5) is 0 Å². The molecule has 18 heavy (non-hydrogen) atoms. The van der Waals surface area contributed by atoms with E-state index in [1.165, 1.54) is 6.26 Å². The molecule has 0 unspecified atom stereocenters. The van der Waals surface area contributed by atoms with E-state index in [4.69, 9.17) is 8.94 Å². The molecule has 3 aromatic rings. The van der Waals surface area contributed by atoms with Crippen molar-refractivity contribution in [2.75, 3.05) is 0 Å². The molecule has 0 aliphatic heterocycles. The van der Waals surface area contributed by atoms with Crippen LogP contribution in [-0.4, -0.2) is 15.1 Å². The van der Waals surface area contributed by atoms with Gasteiger partial charge in [-0.05, 0) is 12.5 Å². The van der Waals surface area contributed by atoms with E-state index in [0.717, 1.165) is 11.1 Å². The highest BCUT2D eigenvalue weighted by molar-refractivity contribution is 5.61. The van der Waals surface area contributed by atoms with Crippen molar-refractivity contribution < 1.29 is 8.94 Å². The van der Waals surface area contributed by atoms with E-state index in [-0.39, 0.29) is 0 Å². The van der Waals surface area contributed by atoms with Crippen molar-refractivity contribution in [3.8, 4) is 23.0 Å². The molecule has 5 nitrogen and oxygen atoms in total. The lowest BCUT2D eigenvalue weighted by molar-refractivity contribution is 0.430. The monoisotopic (exact) mass is 241 g/mol. The minimum atomic E-state index is 0.366. The molecule has 90 valence electrons. The van der Waals surface area contributed by atoms with Crippen LogP contribution in [-0.2, 0) is 0 Å². The standard InChI is InChI=1S/C13H11N3O2/c1-8-5-3-4-6-10(8)12-15-13(18-16-12)11-7-17-9(2)14-11/h3-7H,1-2H3. The molecule has 0 fully saturated rings. The maximum absolute atomic E-state index is 5.19. The van der Waals surface area contributed by atoms with Gasteiger partial charge in [0.15, 0.2) is 11.6 Å². The van der Waals surface area contributed by atoms with Gasteiger partial charge in [0, 0.05) is 12.5 Å². The summed E-state index contributed by atoms with van der Waals surface area (Å²) in [6, 6.07) is 7.88. The van der Waals surface area contributed by atoms with Gasteiger partial charge < -0.3 is 8.94 Å².